The maximum absolute atomic E-state index is 12.9. The molecule has 2 amide bonds. The summed E-state index contributed by atoms with van der Waals surface area (Å²) in [6.45, 7) is 4.78. The van der Waals surface area contributed by atoms with E-state index in [2.05, 4.69) is 15.1 Å². The molecule has 5 nitrogen and oxygen atoms in total. The molecule has 1 unspecified atom stereocenters. The average Bonchev–Trinajstić information content (AvgIpc) is 2.86. The van der Waals surface area contributed by atoms with Crippen molar-refractivity contribution in [3.8, 4) is 0 Å². The largest absolute Gasteiger partial charge is 0.342 e. The maximum Gasteiger partial charge on any atom is 0.225 e. The van der Waals surface area contributed by atoms with Crippen molar-refractivity contribution in [1.29, 1.82) is 0 Å². The molecule has 0 radical (unpaired) electrons. The van der Waals surface area contributed by atoms with Gasteiger partial charge in [0.25, 0.3) is 0 Å². The molecule has 26 heavy (non-hydrogen) atoms. The van der Waals surface area contributed by atoms with Gasteiger partial charge in [0.15, 0.2) is 0 Å². The first-order chi connectivity index (χ1) is 12.2. The first kappa shape index (κ1) is 19.9. The van der Waals surface area contributed by atoms with Crippen molar-refractivity contribution in [2.24, 2.45) is 11.3 Å². The van der Waals surface area contributed by atoms with Crippen LogP contribution in [0.2, 0.25) is 0 Å². The van der Waals surface area contributed by atoms with Crippen LogP contribution in [0.5, 0.6) is 0 Å². The summed E-state index contributed by atoms with van der Waals surface area (Å²) in [5.41, 5.74) is 0.283. The number of amides is 2. The lowest BCUT2D eigenvalue weighted by molar-refractivity contribution is -0.148. The van der Waals surface area contributed by atoms with Gasteiger partial charge in [0, 0.05) is 38.0 Å². The molecular formula is C20H34ClN3O2. The fraction of sp³-hybridized carbons (Fsp3) is 0.900. The van der Waals surface area contributed by atoms with Crippen molar-refractivity contribution >= 4 is 24.2 Å². The van der Waals surface area contributed by atoms with Gasteiger partial charge in [0.1, 0.15) is 0 Å². The monoisotopic (exact) mass is 383 g/mol. The lowest BCUT2D eigenvalue weighted by Crippen LogP contribution is -2.56. The summed E-state index contributed by atoms with van der Waals surface area (Å²) in [7, 11) is 0. The number of likely N-dealkylation sites (tertiary alicyclic amines) is 2. The Balaban J connectivity index is 0.00000196. The molecule has 6 heteroatoms. The van der Waals surface area contributed by atoms with Gasteiger partial charge >= 0.3 is 0 Å². The van der Waals surface area contributed by atoms with Gasteiger partial charge in [-0.3, -0.25) is 9.59 Å². The standard InChI is InChI=1S/C20H33N3O2.ClH/c24-18-6-8-20(15-23(18)17-4-1-5-17)9-13-22(14-10-20)19(25)16-3-2-11-21-12-7-16;/h16-17,21H,1-15H2;1H. The summed E-state index contributed by atoms with van der Waals surface area (Å²) in [4.78, 5) is 29.5. The highest BCUT2D eigenvalue weighted by Crippen LogP contribution is 2.43. The molecule has 1 aliphatic carbocycles. The van der Waals surface area contributed by atoms with Crippen LogP contribution in [0, 0.1) is 11.3 Å². The summed E-state index contributed by atoms with van der Waals surface area (Å²) in [6, 6.07) is 0.517. The SMILES string of the molecule is Cl.O=C(C1CCCNCC1)N1CCC2(CCC(=O)N(C3CCC3)C2)CC1. The molecule has 0 bridgehead atoms. The van der Waals surface area contributed by atoms with Gasteiger partial charge in [-0.15, -0.1) is 12.4 Å². The highest BCUT2D eigenvalue weighted by molar-refractivity contribution is 5.85. The number of halogens is 1. The summed E-state index contributed by atoms with van der Waals surface area (Å²) >= 11 is 0. The minimum atomic E-state index is 0. The molecule has 4 fully saturated rings. The Bertz CT molecular complexity index is 507. The van der Waals surface area contributed by atoms with E-state index in [1.165, 1.54) is 19.3 Å². The van der Waals surface area contributed by atoms with E-state index in [9.17, 15) is 9.59 Å². The Morgan fingerprint density at radius 2 is 1.77 bits per heavy atom. The molecule has 1 spiro atoms. The van der Waals surface area contributed by atoms with Crippen LogP contribution in [0.1, 0.15) is 64.2 Å². The number of nitrogens with zero attached hydrogens (tertiary/aromatic N) is 2. The smallest absolute Gasteiger partial charge is 0.225 e. The van der Waals surface area contributed by atoms with E-state index in [4.69, 9.17) is 0 Å². The fourth-order valence-electron chi connectivity index (χ4n) is 5.21. The van der Waals surface area contributed by atoms with Gasteiger partial charge in [-0.05, 0) is 76.3 Å². The first-order valence-corrected chi connectivity index (χ1v) is 10.5. The second kappa shape index (κ2) is 8.47. The maximum atomic E-state index is 12.9. The molecule has 0 aromatic carbocycles. The van der Waals surface area contributed by atoms with Gasteiger partial charge in [-0.25, -0.2) is 0 Å². The van der Waals surface area contributed by atoms with Gasteiger partial charge in [0.2, 0.25) is 11.8 Å². The van der Waals surface area contributed by atoms with E-state index >= 15 is 0 Å². The molecule has 0 aromatic heterocycles. The molecule has 4 rings (SSSR count). The third kappa shape index (κ3) is 4.04. The van der Waals surface area contributed by atoms with Gasteiger partial charge in [-0.2, -0.15) is 0 Å². The molecule has 0 aromatic rings. The highest BCUT2D eigenvalue weighted by Gasteiger charge is 2.44. The van der Waals surface area contributed by atoms with Crippen LogP contribution in [-0.4, -0.2) is 60.4 Å². The fourth-order valence-corrected chi connectivity index (χ4v) is 5.21. The van der Waals surface area contributed by atoms with Crippen molar-refractivity contribution in [2.45, 2.75) is 70.3 Å². The number of carbonyl (C=O) groups excluding carboxylic acids is 2. The lowest BCUT2D eigenvalue weighted by atomic mass is 9.71. The van der Waals surface area contributed by atoms with Crippen LogP contribution in [-0.2, 0) is 9.59 Å². The zero-order chi connectivity index (χ0) is 17.3. The molecule has 148 valence electrons. The second-order valence-electron chi connectivity index (χ2n) is 8.81. The predicted molar refractivity (Wildman–Crippen MR) is 104 cm³/mol. The number of nitrogens with one attached hydrogen (secondary N) is 1. The molecule has 3 saturated heterocycles. The number of rotatable bonds is 2. The van der Waals surface area contributed by atoms with Crippen LogP contribution < -0.4 is 5.32 Å². The van der Waals surface area contributed by atoms with Gasteiger partial charge in [-0.1, -0.05) is 0 Å². The van der Waals surface area contributed by atoms with Crippen molar-refractivity contribution in [1.82, 2.24) is 15.1 Å². The highest BCUT2D eigenvalue weighted by atomic mass is 35.5. The Morgan fingerprint density at radius 3 is 2.46 bits per heavy atom. The van der Waals surface area contributed by atoms with Crippen LogP contribution in [0.25, 0.3) is 0 Å². The summed E-state index contributed by atoms with van der Waals surface area (Å²) in [6.07, 6.45) is 10.7. The predicted octanol–water partition coefficient (Wildman–Crippen LogP) is 2.58. The van der Waals surface area contributed by atoms with Crippen molar-refractivity contribution in [2.75, 3.05) is 32.7 Å². The van der Waals surface area contributed by atoms with Gasteiger partial charge < -0.3 is 15.1 Å². The van der Waals surface area contributed by atoms with E-state index in [1.54, 1.807) is 0 Å². The van der Waals surface area contributed by atoms with E-state index in [1.807, 2.05) is 0 Å². The summed E-state index contributed by atoms with van der Waals surface area (Å²) in [5, 5.41) is 3.40. The van der Waals surface area contributed by atoms with E-state index in [0.29, 0.717) is 17.9 Å². The molecule has 3 heterocycles. The first-order valence-electron chi connectivity index (χ1n) is 10.5. The number of hydrogen-bond donors (Lipinski definition) is 1. The van der Waals surface area contributed by atoms with Crippen molar-refractivity contribution in [3.63, 3.8) is 0 Å². The Hall–Kier alpha value is -0.810. The normalized spacial score (nSPS) is 29.7. The van der Waals surface area contributed by atoms with E-state index in [-0.39, 0.29) is 23.7 Å². The third-order valence-corrected chi connectivity index (χ3v) is 7.27. The number of hydrogen-bond acceptors (Lipinski definition) is 3. The minimum absolute atomic E-state index is 0. The minimum Gasteiger partial charge on any atom is -0.342 e. The number of carbonyl (C=O) groups is 2. The Morgan fingerprint density at radius 1 is 1.00 bits per heavy atom. The molecule has 1 N–H and O–H groups in total. The zero-order valence-electron chi connectivity index (χ0n) is 15.9. The number of piperidine rings is 2. The average molecular weight is 384 g/mol. The third-order valence-electron chi connectivity index (χ3n) is 7.27. The van der Waals surface area contributed by atoms with Gasteiger partial charge in [0.05, 0.1) is 0 Å². The van der Waals surface area contributed by atoms with E-state index < -0.39 is 0 Å². The summed E-state index contributed by atoms with van der Waals surface area (Å²) < 4.78 is 0. The lowest BCUT2D eigenvalue weighted by Gasteiger charge is -2.51. The topological polar surface area (TPSA) is 52.7 Å². The molecular weight excluding hydrogens is 350 g/mol. The molecule has 3 aliphatic heterocycles. The van der Waals surface area contributed by atoms with Crippen LogP contribution in [0.15, 0.2) is 0 Å². The second-order valence-corrected chi connectivity index (χ2v) is 8.81. The van der Waals surface area contributed by atoms with Crippen molar-refractivity contribution < 1.29 is 9.59 Å². The van der Waals surface area contributed by atoms with Crippen LogP contribution in [0.4, 0.5) is 0 Å². The molecule has 1 saturated carbocycles. The van der Waals surface area contributed by atoms with E-state index in [0.717, 1.165) is 77.7 Å². The summed E-state index contributed by atoms with van der Waals surface area (Å²) in [5.74, 6) is 0.990. The quantitative estimate of drug-likeness (QED) is 0.797. The molecule has 1 atom stereocenters. The zero-order valence-corrected chi connectivity index (χ0v) is 16.7. The molecule has 4 aliphatic rings. The van der Waals surface area contributed by atoms with Crippen LogP contribution >= 0.6 is 12.4 Å². The Labute approximate surface area is 163 Å². The van der Waals surface area contributed by atoms with Crippen molar-refractivity contribution in [3.05, 3.63) is 0 Å². The Kier molecular flexibility index (Phi) is 6.50. The van der Waals surface area contributed by atoms with Crippen LogP contribution in [0.3, 0.4) is 0 Å².